The van der Waals surface area contributed by atoms with Crippen molar-refractivity contribution < 1.29 is 9.59 Å². The molecule has 1 aliphatic rings. The van der Waals surface area contributed by atoms with Crippen LogP contribution in [0.4, 0.5) is 0 Å². The Morgan fingerprint density at radius 3 is 2.45 bits per heavy atom. The second-order valence-electron chi connectivity index (χ2n) is 5.41. The molecule has 0 saturated carbocycles. The average molecular weight is 386 g/mol. The van der Waals surface area contributed by atoms with E-state index in [4.69, 9.17) is 0 Å². The van der Waals surface area contributed by atoms with Crippen LogP contribution in [0.3, 0.4) is 0 Å². The molecule has 1 N–H and O–H groups in total. The zero-order chi connectivity index (χ0) is 14.9. The summed E-state index contributed by atoms with van der Waals surface area (Å²) in [6, 6.07) is 7.58. The van der Waals surface area contributed by atoms with Crippen LogP contribution in [0, 0.1) is 3.57 Å². The number of rotatable bonds is 3. The summed E-state index contributed by atoms with van der Waals surface area (Å²) in [7, 11) is 0. The molecule has 0 bridgehead atoms. The molecule has 2 unspecified atom stereocenters. The highest BCUT2D eigenvalue weighted by Gasteiger charge is 2.45. The SMILES string of the molecule is CCC1(C)NC(=O)C(C)N(Cc2ccc(I)cc2)C1=O. The first-order valence-corrected chi connectivity index (χ1v) is 7.83. The number of piperazine rings is 1. The molecular formula is C15H19IN2O2. The molecule has 1 fully saturated rings. The van der Waals surface area contributed by atoms with Gasteiger partial charge in [-0.15, -0.1) is 0 Å². The summed E-state index contributed by atoms with van der Waals surface area (Å²) >= 11 is 2.25. The lowest BCUT2D eigenvalue weighted by molar-refractivity contribution is -0.154. The Morgan fingerprint density at radius 1 is 1.30 bits per heavy atom. The molecule has 2 atom stereocenters. The van der Waals surface area contributed by atoms with Gasteiger partial charge in [0.1, 0.15) is 11.6 Å². The normalized spacial score (nSPS) is 26.6. The van der Waals surface area contributed by atoms with E-state index < -0.39 is 11.6 Å². The largest absolute Gasteiger partial charge is 0.340 e. The van der Waals surface area contributed by atoms with Crippen LogP contribution in [0.2, 0.25) is 0 Å². The molecule has 0 radical (unpaired) electrons. The Bertz CT molecular complexity index is 529. The van der Waals surface area contributed by atoms with Gasteiger partial charge in [0.25, 0.3) is 0 Å². The Morgan fingerprint density at radius 2 is 1.90 bits per heavy atom. The molecule has 1 heterocycles. The smallest absolute Gasteiger partial charge is 0.248 e. The second-order valence-corrected chi connectivity index (χ2v) is 6.66. The summed E-state index contributed by atoms with van der Waals surface area (Å²) in [5, 5.41) is 2.84. The molecule has 5 heteroatoms. The van der Waals surface area contributed by atoms with Crippen molar-refractivity contribution in [3.05, 3.63) is 33.4 Å². The number of amides is 2. The lowest BCUT2D eigenvalue weighted by atomic mass is 9.92. The summed E-state index contributed by atoms with van der Waals surface area (Å²) < 4.78 is 1.15. The van der Waals surface area contributed by atoms with Gasteiger partial charge in [-0.3, -0.25) is 9.59 Å². The fraction of sp³-hybridized carbons (Fsp3) is 0.467. The van der Waals surface area contributed by atoms with Gasteiger partial charge in [0.05, 0.1) is 0 Å². The number of hydrogen-bond acceptors (Lipinski definition) is 2. The third-order valence-corrected chi connectivity index (χ3v) is 4.67. The van der Waals surface area contributed by atoms with E-state index in [0.717, 1.165) is 9.13 Å². The number of carbonyl (C=O) groups is 2. The summed E-state index contributed by atoms with van der Waals surface area (Å²) in [5.74, 6) is -0.0925. The van der Waals surface area contributed by atoms with Crippen LogP contribution in [-0.4, -0.2) is 28.3 Å². The van der Waals surface area contributed by atoms with Gasteiger partial charge in [-0.1, -0.05) is 19.1 Å². The second kappa shape index (κ2) is 5.71. The number of halogens is 1. The summed E-state index contributed by atoms with van der Waals surface area (Å²) in [6.07, 6.45) is 0.591. The third kappa shape index (κ3) is 2.82. The lowest BCUT2D eigenvalue weighted by Crippen LogP contribution is -2.68. The van der Waals surface area contributed by atoms with Crippen LogP contribution in [-0.2, 0) is 16.1 Å². The van der Waals surface area contributed by atoms with Crippen LogP contribution in [0.1, 0.15) is 32.8 Å². The molecule has 0 aromatic heterocycles. The quantitative estimate of drug-likeness (QED) is 0.811. The van der Waals surface area contributed by atoms with Crippen molar-refractivity contribution >= 4 is 34.4 Å². The molecule has 0 spiro atoms. The van der Waals surface area contributed by atoms with Gasteiger partial charge in [-0.05, 0) is 60.6 Å². The highest BCUT2D eigenvalue weighted by atomic mass is 127. The molecule has 1 saturated heterocycles. The Balaban J connectivity index is 2.25. The van der Waals surface area contributed by atoms with Crippen molar-refractivity contribution in [1.82, 2.24) is 10.2 Å². The molecule has 4 nitrogen and oxygen atoms in total. The van der Waals surface area contributed by atoms with Crippen molar-refractivity contribution in [2.75, 3.05) is 0 Å². The average Bonchev–Trinajstić information content (AvgIpc) is 2.43. The Hall–Kier alpha value is -1.11. The number of hydrogen-bond donors (Lipinski definition) is 1. The summed E-state index contributed by atoms with van der Waals surface area (Å²) in [4.78, 5) is 26.3. The van der Waals surface area contributed by atoms with Crippen LogP contribution in [0.25, 0.3) is 0 Å². The maximum atomic E-state index is 12.6. The first kappa shape index (κ1) is 15.3. The number of benzene rings is 1. The van der Waals surface area contributed by atoms with Gasteiger partial charge in [-0.2, -0.15) is 0 Å². The number of carbonyl (C=O) groups excluding carboxylic acids is 2. The molecule has 1 aliphatic heterocycles. The van der Waals surface area contributed by atoms with E-state index in [9.17, 15) is 9.59 Å². The minimum atomic E-state index is -0.785. The van der Waals surface area contributed by atoms with E-state index >= 15 is 0 Å². The van der Waals surface area contributed by atoms with Crippen molar-refractivity contribution in [3.8, 4) is 0 Å². The van der Waals surface area contributed by atoms with Crippen LogP contribution in [0.15, 0.2) is 24.3 Å². The maximum Gasteiger partial charge on any atom is 0.248 e. The molecule has 108 valence electrons. The minimum Gasteiger partial charge on any atom is -0.340 e. The van der Waals surface area contributed by atoms with Crippen molar-refractivity contribution in [1.29, 1.82) is 0 Å². The van der Waals surface area contributed by atoms with Crippen LogP contribution < -0.4 is 5.32 Å². The van der Waals surface area contributed by atoms with Crippen molar-refractivity contribution in [3.63, 3.8) is 0 Å². The standard InChI is InChI=1S/C15H19IN2O2/c1-4-15(3)14(20)18(10(2)13(19)17-15)9-11-5-7-12(16)8-6-11/h5-8,10H,4,9H2,1-3H3,(H,17,19). The van der Waals surface area contributed by atoms with E-state index in [1.807, 2.05) is 31.2 Å². The zero-order valence-electron chi connectivity index (χ0n) is 11.9. The predicted molar refractivity (Wildman–Crippen MR) is 86.0 cm³/mol. The molecule has 1 aromatic carbocycles. The van der Waals surface area contributed by atoms with Gasteiger partial charge in [0.2, 0.25) is 11.8 Å². The van der Waals surface area contributed by atoms with Gasteiger partial charge < -0.3 is 10.2 Å². The predicted octanol–water partition coefficient (Wildman–Crippen LogP) is 2.31. The first-order valence-electron chi connectivity index (χ1n) is 6.75. The van der Waals surface area contributed by atoms with Crippen LogP contribution in [0.5, 0.6) is 0 Å². The topological polar surface area (TPSA) is 49.4 Å². The molecule has 20 heavy (non-hydrogen) atoms. The monoisotopic (exact) mass is 386 g/mol. The molecule has 2 rings (SSSR count). The lowest BCUT2D eigenvalue weighted by Gasteiger charge is -2.43. The van der Waals surface area contributed by atoms with E-state index in [1.165, 1.54) is 0 Å². The van der Waals surface area contributed by atoms with Gasteiger partial charge >= 0.3 is 0 Å². The summed E-state index contributed by atoms with van der Waals surface area (Å²) in [5.41, 5.74) is 0.256. The highest BCUT2D eigenvalue weighted by Crippen LogP contribution is 2.23. The fourth-order valence-electron chi connectivity index (χ4n) is 2.30. The number of nitrogens with one attached hydrogen (secondary N) is 1. The molecular weight excluding hydrogens is 367 g/mol. The van der Waals surface area contributed by atoms with Crippen LogP contribution >= 0.6 is 22.6 Å². The van der Waals surface area contributed by atoms with Crippen molar-refractivity contribution in [2.45, 2.75) is 45.3 Å². The minimum absolute atomic E-state index is 0.00866. The van der Waals surface area contributed by atoms with E-state index in [0.29, 0.717) is 13.0 Å². The first-order chi connectivity index (χ1) is 9.37. The third-order valence-electron chi connectivity index (χ3n) is 3.95. The molecule has 0 aliphatic carbocycles. The van der Waals surface area contributed by atoms with Gasteiger partial charge in [0, 0.05) is 10.1 Å². The summed E-state index contributed by atoms with van der Waals surface area (Å²) in [6.45, 7) is 5.95. The van der Waals surface area contributed by atoms with E-state index in [-0.39, 0.29) is 11.8 Å². The molecule has 2 amide bonds. The van der Waals surface area contributed by atoms with E-state index in [2.05, 4.69) is 27.9 Å². The molecule has 1 aromatic rings. The Labute approximate surface area is 133 Å². The fourth-order valence-corrected chi connectivity index (χ4v) is 2.66. The number of nitrogens with zero attached hydrogens (tertiary/aromatic N) is 1. The zero-order valence-corrected chi connectivity index (χ0v) is 14.1. The van der Waals surface area contributed by atoms with Crippen molar-refractivity contribution in [2.24, 2.45) is 0 Å². The van der Waals surface area contributed by atoms with Gasteiger partial charge in [-0.25, -0.2) is 0 Å². The Kier molecular flexibility index (Phi) is 4.36. The van der Waals surface area contributed by atoms with Gasteiger partial charge in [0.15, 0.2) is 0 Å². The maximum absolute atomic E-state index is 12.6. The van der Waals surface area contributed by atoms with E-state index in [1.54, 1.807) is 18.7 Å². The highest BCUT2D eigenvalue weighted by molar-refractivity contribution is 14.1.